The first-order valence-corrected chi connectivity index (χ1v) is 11.2. The summed E-state index contributed by atoms with van der Waals surface area (Å²) in [6.45, 7) is 3.89. The summed E-state index contributed by atoms with van der Waals surface area (Å²) < 4.78 is 0. The fourth-order valence-electron chi connectivity index (χ4n) is 3.50. The molecule has 5 nitrogen and oxygen atoms in total. The van der Waals surface area contributed by atoms with Crippen LogP contribution in [0.2, 0.25) is 0 Å². The lowest BCUT2D eigenvalue weighted by atomic mass is 10.2. The molecular weight excluding hydrogens is 392 g/mol. The molecule has 0 atom stereocenters. The van der Waals surface area contributed by atoms with Crippen LogP contribution in [-0.4, -0.2) is 48.5 Å². The Labute approximate surface area is 182 Å². The molecule has 0 radical (unpaired) electrons. The van der Waals surface area contributed by atoms with E-state index in [4.69, 9.17) is 0 Å². The fraction of sp³-hybridized carbons (Fsp3) is 0.250. The molecular formula is C24H26N4OS. The number of benzene rings is 2. The molecule has 30 heavy (non-hydrogen) atoms. The Morgan fingerprint density at radius 2 is 1.63 bits per heavy atom. The van der Waals surface area contributed by atoms with Crippen molar-refractivity contribution in [1.82, 2.24) is 9.88 Å². The van der Waals surface area contributed by atoms with Gasteiger partial charge in [-0.1, -0.05) is 48.5 Å². The number of anilines is 2. The zero-order valence-electron chi connectivity index (χ0n) is 16.9. The molecule has 1 fully saturated rings. The maximum Gasteiger partial charge on any atom is 0.238 e. The standard InChI is InChI=1S/C24H26N4OS/c29-24(18-27-14-16-28(17-15-27)23-12-6-7-13-25-23)26-21-10-4-5-11-22(21)30-19-20-8-2-1-3-9-20/h1-13H,14-19H2,(H,26,29). The summed E-state index contributed by atoms with van der Waals surface area (Å²) in [7, 11) is 0. The Bertz CT molecular complexity index is 944. The third-order valence-corrected chi connectivity index (χ3v) is 6.26. The molecule has 3 aromatic rings. The molecule has 1 aromatic heterocycles. The normalized spacial score (nSPS) is 14.5. The second kappa shape index (κ2) is 10.3. The van der Waals surface area contributed by atoms with Gasteiger partial charge in [0, 0.05) is 43.0 Å². The summed E-state index contributed by atoms with van der Waals surface area (Å²) in [5, 5.41) is 3.11. The molecule has 0 bridgehead atoms. The number of hydrogen-bond acceptors (Lipinski definition) is 5. The van der Waals surface area contributed by atoms with E-state index in [1.807, 2.05) is 48.7 Å². The average molecular weight is 419 g/mol. The van der Waals surface area contributed by atoms with Crippen molar-refractivity contribution in [2.45, 2.75) is 10.6 Å². The Kier molecular flexibility index (Phi) is 7.00. The first-order chi connectivity index (χ1) is 14.8. The SMILES string of the molecule is O=C(CN1CCN(c2ccccn2)CC1)Nc1ccccc1SCc1ccccc1. The number of pyridine rings is 1. The van der Waals surface area contributed by atoms with Crippen LogP contribution in [0.4, 0.5) is 11.5 Å². The van der Waals surface area contributed by atoms with Crippen molar-refractivity contribution in [2.75, 3.05) is 42.9 Å². The summed E-state index contributed by atoms with van der Waals surface area (Å²) in [5.41, 5.74) is 2.16. The highest BCUT2D eigenvalue weighted by Gasteiger charge is 2.20. The third kappa shape index (κ3) is 5.62. The van der Waals surface area contributed by atoms with Crippen LogP contribution >= 0.6 is 11.8 Å². The summed E-state index contributed by atoms with van der Waals surface area (Å²) in [6.07, 6.45) is 1.82. The number of nitrogens with zero attached hydrogens (tertiary/aromatic N) is 3. The van der Waals surface area contributed by atoms with Crippen LogP contribution in [0.25, 0.3) is 0 Å². The highest BCUT2D eigenvalue weighted by Crippen LogP contribution is 2.29. The Balaban J connectivity index is 1.28. The van der Waals surface area contributed by atoms with Crippen molar-refractivity contribution in [3.05, 3.63) is 84.6 Å². The van der Waals surface area contributed by atoms with E-state index in [0.29, 0.717) is 6.54 Å². The molecule has 1 aliphatic rings. The number of aromatic nitrogens is 1. The van der Waals surface area contributed by atoms with Gasteiger partial charge in [0.25, 0.3) is 0 Å². The van der Waals surface area contributed by atoms with Gasteiger partial charge in [-0.05, 0) is 29.8 Å². The molecule has 1 N–H and O–H groups in total. The highest BCUT2D eigenvalue weighted by atomic mass is 32.2. The fourth-order valence-corrected chi connectivity index (χ4v) is 4.46. The number of amides is 1. The largest absolute Gasteiger partial charge is 0.354 e. The van der Waals surface area contributed by atoms with Gasteiger partial charge in [-0.15, -0.1) is 11.8 Å². The maximum atomic E-state index is 12.7. The van der Waals surface area contributed by atoms with Crippen LogP contribution in [0, 0.1) is 0 Å². The lowest BCUT2D eigenvalue weighted by Gasteiger charge is -2.35. The lowest BCUT2D eigenvalue weighted by Crippen LogP contribution is -2.48. The Morgan fingerprint density at radius 1 is 0.900 bits per heavy atom. The number of nitrogens with one attached hydrogen (secondary N) is 1. The van der Waals surface area contributed by atoms with Crippen molar-refractivity contribution >= 4 is 29.2 Å². The topological polar surface area (TPSA) is 48.5 Å². The molecule has 2 aromatic carbocycles. The second-order valence-corrected chi connectivity index (χ2v) is 8.29. The van der Waals surface area contributed by atoms with Gasteiger partial charge in [0.1, 0.15) is 5.82 Å². The summed E-state index contributed by atoms with van der Waals surface area (Å²) in [6, 6.07) is 24.4. The van der Waals surface area contributed by atoms with E-state index in [0.717, 1.165) is 48.3 Å². The predicted octanol–water partition coefficient (Wildman–Crippen LogP) is 4.13. The number of carbonyl (C=O) groups is 1. The van der Waals surface area contributed by atoms with Gasteiger partial charge < -0.3 is 10.2 Å². The van der Waals surface area contributed by atoms with E-state index in [2.05, 4.69) is 50.4 Å². The zero-order valence-corrected chi connectivity index (χ0v) is 17.7. The van der Waals surface area contributed by atoms with E-state index >= 15 is 0 Å². The van der Waals surface area contributed by atoms with Crippen LogP contribution in [0.3, 0.4) is 0 Å². The van der Waals surface area contributed by atoms with Gasteiger partial charge >= 0.3 is 0 Å². The molecule has 6 heteroatoms. The van der Waals surface area contributed by atoms with E-state index in [1.165, 1.54) is 5.56 Å². The smallest absolute Gasteiger partial charge is 0.238 e. The van der Waals surface area contributed by atoms with Crippen LogP contribution in [0.15, 0.2) is 83.9 Å². The minimum Gasteiger partial charge on any atom is -0.354 e. The van der Waals surface area contributed by atoms with Crippen molar-refractivity contribution in [3.8, 4) is 0 Å². The maximum absolute atomic E-state index is 12.7. The molecule has 154 valence electrons. The van der Waals surface area contributed by atoms with Gasteiger partial charge in [-0.2, -0.15) is 0 Å². The quantitative estimate of drug-likeness (QED) is 0.585. The molecule has 1 amide bonds. The number of piperazine rings is 1. The molecule has 0 aliphatic carbocycles. The second-order valence-electron chi connectivity index (χ2n) is 7.27. The lowest BCUT2D eigenvalue weighted by molar-refractivity contribution is -0.117. The summed E-state index contributed by atoms with van der Waals surface area (Å²) >= 11 is 1.74. The molecule has 0 spiro atoms. The van der Waals surface area contributed by atoms with Gasteiger partial charge in [-0.3, -0.25) is 9.69 Å². The minimum absolute atomic E-state index is 0.0362. The summed E-state index contributed by atoms with van der Waals surface area (Å²) in [5.74, 6) is 1.92. The predicted molar refractivity (Wildman–Crippen MR) is 124 cm³/mol. The number of thioether (sulfide) groups is 1. The van der Waals surface area contributed by atoms with Gasteiger partial charge in [-0.25, -0.2) is 4.98 Å². The number of carbonyl (C=O) groups excluding carboxylic acids is 1. The zero-order chi connectivity index (χ0) is 20.6. The molecule has 1 saturated heterocycles. The summed E-state index contributed by atoms with van der Waals surface area (Å²) in [4.78, 5) is 22.7. The van der Waals surface area contributed by atoms with Crippen molar-refractivity contribution < 1.29 is 4.79 Å². The van der Waals surface area contributed by atoms with Crippen LogP contribution < -0.4 is 10.2 Å². The molecule has 0 unspecified atom stereocenters. The average Bonchev–Trinajstić information content (AvgIpc) is 2.80. The van der Waals surface area contributed by atoms with E-state index in [9.17, 15) is 4.79 Å². The first-order valence-electron chi connectivity index (χ1n) is 10.2. The van der Waals surface area contributed by atoms with E-state index < -0.39 is 0 Å². The van der Waals surface area contributed by atoms with E-state index in [-0.39, 0.29) is 5.91 Å². The van der Waals surface area contributed by atoms with E-state index in [1.54, 1.807) is 11.8 Å². The highest BCUT2D eigenvalue weighted by molar-refractivity contribution is 7.98. The monoisotopic (exact) mass is 418 g/mol. The Morgan fingerprint density at radius 3 is 2.40 bits per heavy atom. The van der Waals surface area contributed by atoms with Gasteiger partial charge in [0.15, 0.2) is 0 Å². The van der Waals surface area contributed by atoms with Crippen molar-refractivity contribution in [2.24, 2.45) is 0 Å². The minimum atomic E-state index is 0.0362. The molecule has 4 rings (SSSR count). The third-order valence-electron chi connectivity index (χ3n) is 5.11. The number of hydrogen-bond donors (Lipinski definition) is 1. The van der Waals surface area contributed by atoms with Crippen LogP contribution in [0.5, 0.6) is 0 Å². The molecule has 0 saturated carbocycles. The Hall–Kier alpha value is -2.83. The number of rotatable bonds is 7. The van der Waals surface area contributed by atoms with Gasteiger partial charge in [0.2, 0.25) is 5.91 Å². The number of para-hydroxylation sites is 1. The first kappa shape index (κ1) is 20.4. The van der Waals surface area contributed by atoms with Gasteiger partial charge in [0.05, 0.1) is 12.2 Å². The van der Waals surface area contributed by atoms with Crippen molar-refractivity contribution in [1.29, 1.82) is 0 Å². The molecule has 1 aliphatic heterocycles. The van der Waals surface area contributed by atoms with Crippen LogP contribution in [0.1, 0.15) is 5.56 Å². The van der Waals surface area contributed by atoms with Crippen molar-refractivity contribution in [3.63, 3.8) is 0 Å². The molecule has 2 heterocycles. The van der Waals surface area contributed by atoms with Crippen LogP contribution in [-0.2, 0) is 10.5 Å².